The molecule has 0 saturated heterocycles. The first-order valence-corrected chi connectivity index (χ1v) is 6.70. The van der Waals surface area contributed by atoms with Crippen molar-refractivity contribution >= 4 is 33.0 Å². The maximum absolute atomic E-state index is 9.18. The Hall–Kier alpha value is -1.38. The van der Waals surface area contributed by atoms with Crippen molar-refractivity contribution in [3.63, 3.8) is 0 Å². The van der Waals surface area contributed by atoms with Crippen LogP contribution < -0.4 is 5.32 Å². The summed E-state index contributed by atoms with van der Waals surface area (Å²) < 4.78 is 0.937. The van der Waals surface area contributed by atoms with Gasteiger partial charge < -0.3 is 5.32 Å². The molecule has 0 saturated carbocycles. The summed E-state index contributed by atoms with van der Waals surface area (Å²) in [6.45, 7) is 1.93. The Kier molecular flexibility index (Phi) is 3.77. The van der Waals surface area contributed by atoms with Gasteiger partial charge in [-0.2, -0.15) is 5.26 Å². The average molecular weight is 308 g/mol. The second kappa shape index (κ2) is 5.30. The Bertz CT molecular complexity index is 559. The molecule has 0 bridgehead atoms. The second-order valence-corrected chi connectivity index (χ2v) is 5.39. The quantitative estimate of drug-likeness (QED) is 0.936. The van der Waals surface area contributed by atoms with Gasteiger partial charge in [-0.05, 0) is 35.0 Å². The first-order valence-electron chi connectivity index (χ1n) is 5.03. The number of hydrogen-bond acceptors (Lipinski definition) is 4. The Labute approximate surface area is 112 Å². The number of thiazole rings is 1. The SMILES string of the molecule is Cc1nc(C(C#N)Nc2ccccc2Br)cs1. The molecule has 0 aliphatic rings. The van der Waals surface area contributed by atoms with Crippen molar-refractivity contribution in [2.75, 3.05) is 5.32 Å². The van der Waals surface area contributed by atoms with Crippen LogP contribution in [0.2, 0.25) is 0 Å². The Morgan fingerprint density at radius 3 is 2.82 bits per heavy atom. The lowest BCUT2D eigenvalue weighted by Crippen LogP contribution is -2.09. The van der Waals surface area contributed by atoms with Gasteiger partial charge in [0, 0.05) is 15.5 Å². The molecule has 1 atom stereocenters. The van der Waals surface area contributed by atoms with Gasteiger partial charge in [0.25, 0.3) is 0 Å². The number of para-hydroxylation sites is 1. The monoisotopic (exact) mass is 307 g/mol. The molecule has 0 spiro atoms. The highest BCUT2D eigenvalue weighted by Gasteiger charge is 2.14. The van der Waals surface area contributed by atoms with Crippen molar-refractivity contribution in [1.82, 2.24) is 4.98 Å². The fourth-order valence-electron chi connectivity index (χ4n) is 1.42. The zero-order valence-electron chi connectivity index (χ0n) is 9.14. The average Bonchev–Trinajstić information content (AvgIpc) is 2.75. The molecule has 5 heteroatoms. The number of aromatic nitrogens is 1. The molecule has 1 aromatic heterocycles. The minimum Gasteiger partial charge on any atom is -0.364 e. The van der Waals surface area contributed by atoms with Crippen LogP contribution in [0, 0.1) is 18.3 Å². The normalized spacial score (nSPS) is 11.8. The summed E-state index contributed by atoms with van der Waals surface area (Å²) in [6.07, 6.45) is 0. The number of benzene rings is 1. The smallest absolute Gasteiger partial charge is 0.158 e. The van der Waals surface area contributed by atoms with Crippen molar-refractivity contribution in [1.29, 1.82) is 5.26 Å². The van der Waals surface area contributed by atoms with E-state index in [2.05, 4.69) is 32.3 Å². The first-order chi connectivity index (χ1) is 8.20. The highest BCUT2D eigenvalue weighted by atomic mass is 79.9. The maximum atomic E-state index is 9.18. The van der Waals surface area contributed by atoms with Gasteiger partial charge in [0.1, 0.15) is 0 Å². The number of nitriles is 1. The van der Waals surface area contributed by atoms with E-state index >= 15 is 0 Å². The third-order valence-corrected chi connectivity index (χ3v) is 3.72. The minimum absolute atomic E-state index is 0.418. The molecule has 3 nitrogen and oxygen atoms in total. The molecular weight excluding hydrogens is 298 g/mol. The van der Waals surface area contributed by atoms with E-state index in [9.17, 15) is 5.26 Å². The molecule has 86 valence electrons. The lowest BCUT2D eigenvalue weighted by molar-refractivity contribution is 0.941. The van der Waals surface area contributed by atoms with Crippen molar-refractivity contribution in [3.05, 3.63) is 44.8 Å². The molecule has 1 heterocycles. The van der Waals surface area contributed by atoms with Gasteiger partial charge in [-0.15, -0.1) is 11.3 Å². The van der Waals surface area contributed by atoms with Crippen molar-refractivity contribution in [2.24, 2.45) is 0 Å². The molecule has 0 radical (unpaired) electrons. The van der Waals surface area contributed by atoms with E-state index in [1.165, 1.54) is 0 Å². The van der Waals surface area contributed by atoms with E-state index < -0.39 is 6.04 Å². The van der Waals surface area contributed by atoms with Gasteiger partial charge in [0.05, 0.1) is 16.8 Å². The molecular formula is C12H10BrN3S. The number of anilines is 1. The standard InChI is InChI=1S/C12H10BrN3S/c1-8-15-12(7-17-8)11(6-14)16-10-5-3-2-4-9(10)13/h2-5,7,11,16H,1H3. The van der Waals surface area contributed by atoms with E-state index in [0.29, 0.717) is 0 Å². The predicted octanol–water partition coefficient (Wildman–Crippen LogP) is 3.89. The summed E-state index contributed by atoms with van der Waals surface area (Å²) >= 11 is 4.99. The van der Waals surface area contributed by atoms with Crippen LogP contribution in [0.5, 0.6) is 0 Å². The molecule has 17 heavy (non-hydrogen) atoms. The zero-order chi connectivity index (χ0) is 12.3. The predicted molar refractivity (Wildman–Crippen MR) is 73.0 cm³/mol. The van der Waals surface area contributed by atoms with Crippen molar-refractivity contribution < 1.29 is 0 Å². The zero-order valence-corrected chi connectivity index (χ0v) is 11.5. The summed E-state index contributed by atoms with van der Waals surface area (Å²) in [5, 5.41) is 15.2. The van der Waals surface area contributed by atoms with Crippen LogP contribution in [0.25, 0.3) is 0 Å². The van der Waals surface area contributed by atoms with Crippen LogP contribution in [0.1, 0.15) is 16.7 Å². The first kappa shape index (κ1) is 12.1. The van der Waals surface area contributed by atoms with Crippen LogP contribution in [0.4, 0.5) is 5.69 Å². The highest BCUT2D eigenvalue weighted by molar-refractivity contribution is 9.10. The third kappa shape index (κ3) is 2.84. The van der Waals surface area contributed by atoms with Gasteiger partial charge >= 0.3 is 0 Å². The summed E-state index contributed by atoms with van der Waals surface area (Å²) in [7, 11) is 0. The molecule has 0 amide bonds. The number of nitrogens with one attached hydrogen (secondary N) is 1. The number of hydrogen-bond donors (Lipinski definition) is 1. The topological polar surface area (TPSA) is 48.7 Å². The van der Waals surface area contributed by atoms with Crippen LogP contribution in [0.3, 0.4) is 0 Å². The van der Waals surface area contributed by atoms with E-state index in [4.69, 9.17) is 0 Å². The molecule has 1 N–H and O–H groups in total. The lowest BCUT2D eigenvalue weighted by atomic mass is 10.2. The number of rotatable bonds is 3. The minimum atomic E-state index is -0.418. The maximum Gasteiger partial charge on any atom is 0.158 e. The van der Waals surface area contributed by atoms with Gasteiger partial charge in [-0.1, -0.05) is 12.1 Å². The Morgan fingerprint density at radius 1 is 1.47 bits per heavy atom. The molecule has 0 aliphatic heterocycles. The van der Waals surface area contributed by atoms with Crippen molar-refractivity contribution in [2.45, 2.75) is 13.0 Å². The van der Waals surface area contributed by atoms with E-state index in [1.54, 1.807) is 11.3 Å². The largest absolute Gasteiger partial charge is 0.364 e. The Balaban J connectivity index is 2.22. The van der Waals surface area contributed by atoms with Crippen LogP contribution in [0.15, 0.2) is 34.1 Å². The molecule has 0 fully saturated rings. The molecule has 2 rings (SSSR count). The van der Waals surface area contributed by atoms with Gasteiger partial charge in [-0.25, -0.2) is 4.98 Å². The molecule has 1 aromatic carbocycles. The Morgan fingerprint density at radius 2 is 2.24 bits per heavy atom. The van der Waals surface area contributed by atoms with Crippen molar-refractivity contribution in [3.8, 4) is 6.07 Å². The van der Waals surface area contributed by atoms with E-state index in [-0.39, 0.29) is 0 Å². The number of aryl methyl sites for hydroxylation is 1. The number of halogens is 1. The lowest BCUT2D eigenvalue weighted by Gasteiger charge is -2.12. The molecule has 0 aliphatic carbocycles. The molecule has 2 aromatic rings. The van der Waals surface area contributed by atoms with Crippen LogP contribution in [-0.4, -0.2) is 4.98 Å². The van der Waals surface area contributed by atoms with Gasteiger partial charge in [-0.3, -0.25) is 0 Å². The van der Waals surface area contributed by atoms with Crippen LogP contribution in [-0.2, 0) is 0 Å². The van der Waals surface area contributed by atoms with E-state index in [1.807, 2.05) is 36.6 Å². The summed E-state index contributed by atoms with van der Waals surface area (Å²) in [6, 6.07) is 9.52. The summed E-state index contributed by atoms with van der Waals surface area (Å²) in [5.41, 5.74) is 1.66. The fourth-order valence-corrected chi connectivity index (χ4v) is 2.46. The highest BCUT2D eigenvalue weighted by Crippen LogP contribution is 2.26. The van der Waals surface area contributed by atoms with Gasteiger partial charge in [0.2, 0.25) is 0 Å². The van der Waals surface area contributed by atoms with Gasteiger partial charge in [0.15, 0.2) is 6.04 Å². The second-order valence-electron chi connectivity index (χ2n) is 3.48. The number of nitrogens with zero attached hydrogens (tertiary/aromatic N) is 2. The van der Waals surface area contributed by atoms with Crippen LogP contribution >= 0.6 is 27.3 Å². The summed E-state index contributed by atoms with van der Waals surface area (Å²) in [4.78, 5) is 4.33. The fraction of sp³-hybridized carbons (Fsp3) is 0.167. The third-order valence-electron chi connectivity index (χ3n) is 2.24. The van der Waals surface area contributed by atoms with E-state index in [0.717, 1.165) is 20.9 Å². The molecule has 1 unspecified atom stereocenters. The summed E-state index contributed by atoms with van der Waals surface area (Å²) in [5.74, 6) is 0.